The Bertz CT molecular complexity index is 1760. The van der Waals surface area contributed by atoms with E-state index in [0.717, 1.165) is 12.8 Å². The summed E-state index contributed by atoms with van der Waals surface area (Å²) in [5.74, 6) is 0.479. The molecule has 45 heavy (non-hydrogen) atoms. The molecule has 2 atom stereocenters. The van der Waals surface area contributed by atoms with E-state index in [1.165, 1.54) is 23.5 Å². The van der Waals surface area contributed by atoms with Crippen LogP contribution in [0.3, 0.4) is 0 Å². The summed E-state index contributed by atoms with van der Waals surface area (Å²) in [6, 6.07) is 13.3. The number of fused-ring (bicyclic) bond motifs is 2. The number of halogens is 3. The summed E-state index contributed by atoms with van der Waals surface area (Å²) in [5.41, 5.74) is 2.55. The highest BCUT2D eigenvalue weighted by molar-refractivity contribution is 7.13. The summed E-state index contributed by atoms with van der Waals surface area (Å²) in [6.45, 7) is 7.54. The SMILES string of the molecule is CCOc1ccc(Cl)cc1-n1c(CC(C)C)c(C(=O)N2C[C@H]3CC[C@@H](C2)N3)cc(-c2nc(-c3ccc(C(F)F)cc3)cs2)c1=O. The van der Waals surface area contributed by atoms with Gasteiger partial charge in [0.2, 0.25) is 0 Å². The van der Waals surface area contributed by atoms with E-state index in [1.807, 2.05) is 11.8 Å². The van der Waals surface area contributed by atoms with Gasteiger partial charge < -0.3 is 15.0 Å². The van der Waals surface area contributed by atoms with E-state index in [1.54, 1.807) is 46.3 Å². The van der Waals surface area contributed by atoms with Crippen molar-refractivity contribution in [1.82, 2.24) is 19.8 Å². The van der Waals surface area contributed by atoms with Crippen LogP contribution in [0.2, 0.25) is 5.02 Å². The van der Waals surface area contributed by atoms with E-state index in [0.29, 0.717) is 70.1 Å². The molecule has 2 aliphatic heterocycles. The Labute approximate surface area is 269 Å². The molecule has 4 heterocycles. The Kier molecular flexibility index (Phi) is 9.08. The van der Waals surface area contributed by atoms with Gasteiger partial charge in [-0.15, -0.1) is 11.3 Å². The largest absolute Gasteiger partial charge is 0.492 e. The first-order chi connectivity index (χ1) is 21.6. The van der Waals surface area contributed by atoms with Gasteiger partial charge in [-0.3, -0.25) is 14.2 Å². The second kappa shape index (κ2) is 13.0. The molecule has 7 nitrogen and oxygen atoms in total. The number of nitrogens with one attached hydrogen (secondary N) is 1. The number of nitrogens with zero attached hydrogens (tertiary/aromatic N) is 3. The molecule has 0 aliphatic carbocycles. The molecule has 4 aromatic rings. The maximum Gasteiger partial charge on any atom is 0.265 e. The number of hydrogen-bond acceptors (Lipinski definition) is 6. The molecule has 2 aromatic carbocycles. The minimum absolute atomic E-state index is 0.0750. The fourth-order valence-corrected chi connectivity index (χ4v) is 7.24. The summed E-state index contributed by atoms with van der Waals surface area (Å²) in [7, 11) is 0. The second-order valence-electron chi connectivity index (χ2n) is 12.0. The highest BCUT2D eigenvalue weighted by Gasteiger charge is 2.36. The number of benzene rings is 2. The predicted octanol–water partition coefficient (Wildman–Crippen LogP) is 7.39. The van der Waals surface area contributed by atoms with Gasteiger partial charge in [0, 0.05) is 52.4 Å². The van der Waals surface area contributed by atoms with Gasteiger partial charge in [-0.05, 0) is 56.4 Å². The molecule has 6 rings (SSSR count). The van der Waals surface area contributed by atoms with Crippen LogP contribution in [-0.4, -0.2) is 52.1 Å². The number of pyridine rings is 1. The normalized spacial score (nSPS) is 17.8. The van der Waals surface area contributed by atoms with Gasteiger partial charge in [0.1, 0.15) is 10.8 Å². The minimum Gasteiger partial charge on any atom is -0.492 e. The Morgan fingerprint density at radius 1 is 1.11 bits per heavy atom. The van der Waals surface area contributed by atoms with Crippen molar-refractivity contribution in [3.8, 4) is 33.3 Å². The predicted molar refractivity (Wildman–Crippen MR) is 174 cm³/mol. The number of hydrogen-bond donors (Lipinski definition) is 1. The molecular formula is C34H35ClF2N4O3S. The highest BCUT2D eigenvalue weighted by Crippen LogP contribution is 2.34. The van der Waals surface area contributed by atoms with E-state index >= 15 is 0 Å². The maximum atomic E-state index is 14.6. The average molecular weight is 653 g/mol. The molecule has 1 N–H and O–H groups in total. The van der Waals surface area contributed by atoms with Gasteiger partial charge in [-0.25, -0.2) is 13.8 Å². The number of amides is 1. The summed E-state index contributed by atoms with van der Waals surface area (Å²) in [4.78, 5) is 35.7. The highest BCUT2D eigenvalue weighted by atomic mass is 35.5. The number of ether oxygens (including phenoxy) is 1. The summed E-state index contributed by atoms with van der Waals surface area (Å²) >= 11 is 7.75. The molecule has 1 amide bonds. The fourth-order valence-electron chi connectivity index (χ4n) is 6.24. The Hall–Kier alpha value is -3.60. The van der Waals surface area contributed by atoms with Gasteiger partial charge >= 0.3 is 0 Å². The first kappa shape index (κ1) is 31.4. The number of piperazine rings is 1. The second-order valence-corrected chi connectivity index (χ2v) is 13.3. The third-order valence-electron chi connectivity index (χ3n) is 8.29. The number of likely N-dealkylation sites (tertiary alicyclic amines) is 1. The van der Waals surface area contributed by atoms with Gasteiger partial charge in [0.15, 0.2) is 0 Å². The molecule has 2 saturated heterocycles. The molecule has 0 unspecified atom stereocenters. The van der Waals surface area contributed by atoms with Gasteiger partial charge in [0.25, 0.3) is 17.9 Å². The van der Waals surface area contributed by atoms with E-state index in [-0.39, 0.29) is 40.6 Å². The molecule has 0 radical (unpaired) electrons. The van der Waals surface area contributed by atoms with E-state index < -0.39 is 6.43 Å². The quantitative estimate of drug-likeness (QED) is 0.204. The molecular weight excluding hydrogens is 618 g/mol. The lowest BCUT2D eigenvalue weighted by atomic mass is 9.99. The number of thiazole rings is 1. The van der Waals surface area contributed by atoms with Crippen molar-refractivity contribution in [3.63, 3.8) is 0 Å². The third-order valence-corrected chi connectivity index (χ3v) is 9.40. The zero-order chi connectivity index (χ0) is 31.8. The average Bonchev–Trinajstić information content (AvgIpc) is 3.64. The lowest BCUT2D eigenvalue weighted by Gasteiger charge is -2.34. The van der Waals surface area contributed by atoms with Crippen LogP contribution in [0, 0.1) is 5.92 Å². The van der Waals surface area contributed by atoms with Crippen molar-refractivity contribution in [2.75, 3.05) is 19.7 Å². The van der Waals surface area contributed by atoms with Crippen LogP contribution in [-0.2, 0) is 6.42 Å². The molecule has 0 saturated carbocycles. The molecule has 11 heteroatoms. The molecule has 2 fully saturated rings. The molecule has 236 valence electrons. The van der Waals surface area contributed by atoms with Crippen LogP contribution in [0.15, 0.2) is 58.7 Å². The molecule has 2 aromatic heterocycles. The summed E-state index contributed by atoms with van der Waals surface area (Å²) < 4.78 is 33.8. The van der Waals surface area contributed by atoms with Crippen LogP contribution in [0.5, 0.6) is 5.75 Å². The maximum absolute atomic E-state index is 14.6. The van der Waals surface area contributed by atoms with Crippen LogP contribution >= 0.6 is 22.9 Å². The van der Waals surface area contributed by atoms with E-state index in [2.05, 4.69) is 19.2 Å². The lowest BCUT2D eigenvalue weighted by Crippen LogP contribution is -2.53. The van der Waals surface area contributed by atoms with Crippen molar-refractivity contribution in [1.29, 1.82) is 0 Å². The van der Waals surface area contributed by atoms with Crippen LogP contribution < -0.4 is 15.6 Å². The smallest absolute Gasteiger partial charge is 0.265 e. The van der Waals surface area contributed by atoms with Crippen LogP contribution in [0.25, 0.3) is 27.5 Å². The standard InChI is InChI=1S/C34H35ClF2N4O3S/c1-4-44-30-12-9-22(35)14-29(30)41-28(13-19(2)3)25(33(42)40-16-23-10-11-24(17-40)38-23)15-26(34(41)43)32-39-27(18-45-32)20-5-7-21(8-6-20)31(36)37/h5-9,12,14-15,18-19,23-24,31,38H,4,10-11,13,16-17H2,1-3H3/t23-,24+. The monoisotopic (exact) mass is 652 g/mol. The zero-order valence-corrected chi connectivity index (χ0v) is 26.9. The Balaban J connectivity index is 1.55. The first-order valence-corrected chi connectivity index (χ1v) is 16.5. The van der Waals surface area contributed by atoms with Crippen molar-refractivity contribution < 1.29 is 18.3 Å². The van der Waals surface area contributed by atoms with Crippen molar-refractivity contribution in [2.45, 2.75) is 58.5 Å². The number of carbonyl (C=O) groups excluding carboxylic acids is 1. The molecule has 0 spiro atoms. The first-order valence-electron chi connectivity index (χ1n) is 15.2. The number of alkyl halides is 2. The number of rotatable bonds is 9. The number of aromatic nitrogens is 2. The topological polar surface area (TPSA) is 76.5 Å². The Morgan fingerprint density at radius 2 is 1.82 bits per heavy atom. The molecule has 2 bridgehead atoms. The van der Waals surface area contributed by atoms with Gasteiger partial charge in [-0.1, -0.05) is 49.7 Å². The van der Waals surface area contributed by atoms with Crippen LogP contribution in [0.4, 0.5) is 8.78 Å². The lowest BCUT2D eigenvalue weighted by molar-refractivity contribution is 0.0695. The fraction of sp³-hybridized carbons (Fsp3) is 0.382. The minimum atomic E-state index is -2.57. The summed E-state index contributed by atoms with van der Waals surface area (Å²) in [5, 5.41) is 6.22. The zero-order valence-electron chi connectivity index (χ0n) is 25.4. The van der Waals surface area contributed by atoms with Crippen molar-refractivity contribution in [2.24, 2.45) is 5.92 Å². The van der Waals surface area contributed by atoms with Crippen molar-refractivity contribution >= 4 is 28.8 Å². The third kappa shape index (κ3) is 6.41. The van der Waals surface area contributed by atoms with Crippen LogP contribution in [0.1, 0.15) is 61.7 Å². The summed E-state index contributed by atoms with van der Waals surface area (Å²) in [6.07, 6.45) is -0.0489. The van der Waals surface area contributed by atoms with Gasteiger partial charge in [-0.2, -0.15) is 0 Å². The van der Waals surface area contributed by atoms with E-state index in [4.69, 9.17) is 21.3 Å². The van der Waals surface area contributed by atoms with Gasteiger partial charge in [0.05, 0.1) is 29.1 Å². The molecule has 2 aliphatic rings. The van der Waals surface area contributed by atoms with E-state index in [9.17, 15) is 18.4 Å². The van der Waals surface area contributed by atoms with Crippen molar-refractivity contribution in [3.05, 3.63) is 86.1 Å². The Morgan fingerprint density at radius 3 is 2.47 bits per heavy atom. The number of carbonyl (C=O) groups is 1.